The molecule has 0 saturated heterocycles. The molecule has 3 heterocycles. The summed E-state index contributed by atoms with van der Waals surface area (Å²) in [5.74, 6) is 0.371. The van der Waals surface area contributed by atoms with Crippen LogP contribution in [-0.4, -0.2) is 30.6 Å². The van der Waals surface area contributed by atoms with E-state index in [0.717, 1.165) is 27.7 Å². The predicted molar refractivity (Wildman–Crippen MR) is 98.3 cm³/mol. The molecule has 1 aromatic carbocycles. The van der Waals surface area contributed by atoms with Crippen LogP contribution in [0, 0.1) is 13.8 Å². The number of hydrogen-bond acceptors (Lipinski definition) is 5. The summed E-state index contributed by atoms with van der Waals surface area (Å²) >= 11 is 0. The van der Waals surface area contributed by atoms with E-state index in [4.69, 9.17) is 0 Å². The van der Waals surface area contributed by atoms with E-state index in [1.807, 2.05) is 32.0 Å². The maximum atomic E-state index is 12.6. The summed E-state index contributed by atoms with van der Waals surface area (Å²) in [7, 11) is 0. The number of carbonyl (C=O) groups is 1. The fourth-order valence-electron chi connectivity index (χ4n) is 2.79. The molecule has 1 N–H and O–H groups in total. The summed E-state index contributed by atoms with van der Waals surface area (Å²) in [5.41, 5.74) is 4.27. The van der Waals surface area contributed by atoms with Gasteiger partial charge in [-0.1, -0.05) is 0 Å². The first-order valence-corrected chi connectivity index (χ1v) is 8.11. The first-order chi connectivity index (χ1) is 12.6. The quantitative estimate of drug-likeness (QED) is 0.617. The minimum atomic E-state index is -0.226. The zero-order chi connectivity index (χ0) is 18.1. The number of rotatable bonds is 3. The van der Waals surface area contributed by atoms with Crippen LogP contribution in [0.2, 0.25) is 0 Å². The van der Waals surface area contributed by atoms with Crippen molar-refractivity contribution in [2.75, 3.05) is 5.32 Å². The number of nitrogens with one attached hydrogen (secondary N) is 1. The Morgan fingerprint density at radius 2 is 2.04 bits per heavy atom. The fraction of sp³-hybridized carbons (Fsp3) is 0.105. The zero-order valence-electron chi connectivity index (χ0n) is 14.3. The van der Waals surface area contributed by atoms with Crippen LogP contribution < -0.4 is 5.32 Å². The first kappa shape index (κ1) is 15.9. The van der Waals surface area contributed by atoms with E-state index in [1.165, 1.54) is 17.2 Å². The number of benzene rings is 1. The van der Waals surface area contributed by atoms with E-state index < -0.39 is 0 Å². The van der Waals surface area contributed by atoms with Crippen LogP contribution in [-0.2, 0) is 0 Å². The van der Waals surface area contributed by atoms with Crippen LogP contribution in [0.3, 0.4) is 0 Å². The Morgan fingerprint density at radius 3 is 2.77 bits per heavy atom. The van der Waals surface area contributed by atoms with Crippen molar-refractivity contribution >= 4 is 22.5 Å². The molecule has 26 heavy (non-hydrogen) atoms. The lowest BCUT2D eigenvalue weighted by Crippen LogP contribution is -2.13. The number of pyridine rings is 2. The molecule has 0 spiro atoms. The normalized spacial score (nSPS) is 10.8. The van der Waals surface area contributed by atoms with Gasteiger partial charge in [0, 0.05) is 17.8 Å². The van der Waals surface area contributed by atoms with Gasteiger partial charge in [0.05, 0.1) is 16.8 Å². The van der Waals surface area contributed by atoms with Crippen molar-refractivity contribution in [3.8, 4) is 5.82 Å². The second-order valence-corrected chi connectivity index (χ2v) is 5.96. The fourth-order valence-corrected chi connectivity index (χ4v) is 2.79. The van der Waals surface area contributed by atoms with E-state index in [2.05, 4.69) is 25.4 Å². The number of aromatic nitrogens is 5. The Morgan fingerprint density at radius 1 is 1.15 bits per heavy atom. The number of anilines is 1. The van der Waals surface area contributed by atoms with Gasteiger partial charge >= 0.3 is 0 Å². The molecule has 0 unspecified atom stereocenters. The van der Waals surface area contributed by atoms with Gasteiger partial charge in [-0.15, -0.1) is 0 Å². The minimum Gasteiger partial charge on any atom is -0.321 e. The first-order valence-electron chi connectivity index (χ1n) is 8.11. The third-order valence-electron chi connectivity index (χ3n) is 4.32. The summed E-state index contributed by atoms with van der Waals surface area (Å²) in [4.78, 5) is 25.2. The molecule has 7 heteroatoms. The molecule has 0 fully saturated rings. The van der Waals surface area contributed by atoms with E-state index in [0.29, 0.717) is 11.4 Å². The summed E-state index contributed by atoms with van der Waals surface area (Å²) in [6.07, 6.45) is 6.26. The standard InChI is InChI=1S/C19H16N6O/c1-12-8-16(15-4-3-7-21-18(15)13(12)2)24-19(26)14-5-6-17(22-9-14)25-11-20-10-23-25/h3-11H,1-2H3,(H,24,26). The van der Waals surface area contributed by atoms with Gasteiger partial charge in [0.2, 0.25) is 0 Å². The van der Waals surface area contributed by atoms with E-state index in [-0.39, 0.29) is 5.91 Å². The Hall–Kier alpha value is -3.61. The third-order valence-corrected chi connectivity index (χ3v) is 4.32. The Balaban J connectivity index is 1.64. The highest BCUT2D eigenvalue weighted by molar-refractivity contribution is 6.09. The van der Waals surface area contributed by atoms with Gasteiger partial charge < -0.3 is 5.32 Å². The summed E-state index contributed by atoms with van der Waals surface area (Å²) < 4.78 is 1.53. The second-order valence-electron chi connectivity index (χ2n) is 5.96. The minimum absolute atomic E-state index is 0.226. The topological polar surface area (TPSA) is 85.6 Å². The van der Waals surface area contributed by atoms with Crippen molar-refractivity contribution in [1.29, 1.82) is 0 Å². The van der Waals surface area contributed by atoms with Crippen molar-refractivity contribution < 1.29 is 4.79 Å². The summed E-state index contributed by atoms with van der Waals surface area (Å²) in [6.45, 7) is 4.04. The lowest BCUT2D eigenvalue weighted by Gasteiger charge is -2.12. The van der Waals surface area contributed by atoms with Crippen molar-refractivity contribution in [3.05, 3.63) is 72.1 Å². The average Bonchev–Trinajstić information content (AvgIpc) is 3.21. The number of carbonyl (C=O) groups excluding carboxylic acids is 1. The molecule has 7 nitrogen and oxygen atoms in total. The van der Waals surface area contributed by atoms with Gasteiger partial charge in [0.15, 0.2) is 5.82 Å². The highest BCUT2D eigenvalue weighted by Gasteiger charge is 2.12. The maximum absolute atomic E-state index is 12.6. The predicted octanol–water partition coefficient (Wildman–Crippen LogP) is 3.08. The summed E-state index contributed by atoms with van der Waals surface area (Å²) in [6, 6.07) is 9.22. The zero-order valence-corrected chi connectivity index (χ0v) is 14.3. The van der Waals surface area contributed by atoms with Crippen molar-refractivity contribution in [3.63, 3.8) is 0 Å². The number of fused-ring (bicyclic) bond motifs is 1. The molecular weight excluding hydrogens is 328 g/mol. The molecule has 0 saturated carbocycles. The Labute approximate surface area is 149 Å². The molecule has 1 amide bonds. The van der Waals surface area contributed by atoms with Crippen LogP contribution in [0.5, 0.6) is 0 Å². The molecule has 0 aliphatic heterocycles. The van der Waals surface area contributed by atoms with Gasteiger partial charge in [0.25, 0.3) is 5.91 Å². The third kappa shape index (κ3) is 2.79. The highest BCUT2D eigenvalue weighted by Crippen LogP contribution is 2.28. The van der Waals surface area contributed by atoms with Crippen LogP contribution in [0.25, 0.3) is 16.7 Å². The van der Waals surface area contributed by atoms with Gasteiger partial charge in [-0.05, 0) is 55.3 Å². The van der Waals surface area contributed by atoms with Gasteiger partial charge in [-0.2, -0.15) is 5.10 Å². The van der Waals surface area contributed by atoms with Crippen LogP contribution >= 0.6 is 0 Å². The molecule has 0 aliphatic carbocycles. The van der Waals surface area contributed by atoms with E-state index in [9.17, 15) is 4.79 Å². The molecular formula is C19H16N6O. The van der Waals surface area contributed by atoms with Crippen molar-refractivity contribution in [2.24, 2.45) is 0 Å². The summed E-state index contributed by atoms with van der Waals surface area (Å²) in [5, 5.41) is 7.90. The number of nitrogens with zero attached hydrogens (tertiary/aromatic N) is 5. The molecule has 0 radical (unpaired) electrons. The van der Waals surface area contributed by atoms with Gasteiger partial charge in [-0.3, -0.25) is 9.78 Å². The lowest BCUT2D eigenvalue weighted by molar-refractivity contribution is 0.102. The Kier molecular flexibility index (Phi) is 3.89. The number of hydrogen-bond donors (Lipinski definition) is 1. The largest absolute Gasteiger partial charge is 0.321 e. The second kappa shape index (κ2) is 6.36. The van der Waals surface area contributed by atoms with E-state index in [1.54, 1.807) is 24.7 Å². The van der Waals surface area contributed by atoms with Crippen molar-refractivity contribution in [2.45, 2.75) is 13.8 Å². The number of aryl methyl sites for hydroxylation is 2. The van der Waals surface area contributed by atoms with Crippen LogP contribution in [0.15, 0.2) is 55.4 Å². The molecule has 3 aromatic heterocycles. The maximum Gasteiger partial charge on any atom is 0.257 e. The van der Waals surface area contributed by atoms with Crippen molar-refractivity contribution in [1.82, 2.24) is 24.7 Å². The van der Waals surface area contributed by atoms with Crippen LogP contribution in [0.4, 0.5) is 5.69 Å². The monoisotopic (exact) mass is 344 g/mol. The molecule has 4 aromatic rings. The molecule has 0 bridgehead atoms. The highest BCUT2D eigenvalue weighted by atomic mass is 16.1. The molecule has 4 rings (SSSR count). The average molecular weight is 344 g/mol. The lowest BCUT2D eigenvalue weighted by atomic mass is 10.0. The molecule has 0 atom stereocenters. The van der Waals surface area contributed by atoms with E-state index >= 15 is 0 Å². The molecule has 0 aliphatic rings. The van der Waals surface area contributed by atoms with Crippen LogP contribution in [0.1, 0.15) is 21.5 Å². The van der Waals surface area contributed by atoms with Gasteiger partial charge in [-0.25, -0.2) is 14.6 Å². The molecule has 128 valence electrons. The number of amides is 1. The smallest absolute Gasteiger partial charge is 0.257 e. The SMILES string of the molecule is Cc1cc(NC(=O)c2ccc(-n3cncn3)nc2)c2cccnc2c1C. The Bertz CT molecular complexity index is 1090. The van der Waals surface area contributed by atoms with Gasteiger partial charge in [0.1, 0.15) is 12.7 Å².